The number of hydrogen-bond donors (Lipinski definition) is 2. The van der Waals surface area contributed by atoms with Crippen LogP contribution in [0.15, 0.2) is 48.5 Å². The van der Waals surface area contributed by atoms with Gasteiger partial charge in [0.2, 0.25) is 10.0 Å². The topological polar surface area (TPSA) is 98.5 Å². The maximum Gasteiger partial charge on any atom is 0.271 e. The van der Waals surface area contributed by atoms with Crippen molar-refractivity contribution < 1.29 is 17.9 Å². The number of nitrogens with two attached hydrogens (primary N) is 1. The van der Waals surface area contributed by atoms with Gasteiger partial charge in [0.1, 0.15) is 5.75 Å². The Bertz CT molecular complexity index is 810. The van der Waals surface area contributed by atoms with Crippen LogP contribution in [0.3, 0.4) is 0 Å². The van der Waals surface area contributed by atoms with E-state index in [9.17, 15) is 13.2 Å². The molecule has 0 saturated heterocycles. The molecule has 0 fully saturated rings. The number of benzene rings is 2. The molecule has 0 spiro atoms. The van der Waals surface area contributed by atoms with Gasteiger partial charge in [-0.25, -0.2) is 8.42 Å². The first-order chi connectivity index (χ1) is 11.4. The van der Waals surface area contributed by atoms with Crippen LogP contribution in [0.25, 0.3) is 11.1 Å². The van der Waals surface area contributed by atoms with E-state index in [0.29, 0.717) is 10.8 Å². The highest BCUT2D eigenvalue weighted by atomic mass is 35.5. The van der Waals surface area contributed by atoms with Gasteiger partial charge in [-0.15, -0.1) is 0 Å². The molecule has 0 heterocycles. The number of nitrogens with one attached hydrogen (secondary N) is 1. The highest BCUT2D eigenvalue weighted by Crippen LogP contribution is 2.30. The number of carbonyl (C=O) groups is 1. The van der Waals surface area contributed by atoms with Crippen molar-refractivity contribution in [1.82, 2.24) is 4.72 Å². The van der Waals surface area contributed by atoms with E-state index in [0.717, 1.165) is 11.1 Å². The lowest BCUT2D eigenvalue weighted by Gasteiger charge is -2.10. The van der Waals surface area contributed by atoms with E-state index < -0.39 is 22.5 Å². The number of hydrogen-bond acceptors (Lipinski definition) is 5. The third-order valence-corrected chi connectivity index (χ3v) is 4.66. The lowest BCUT2D eigenvalue weighted by atomic mass is 10.1. The first-order valence-electron chi connectivity index (χ1n) is 7.12. The van der Waals surface area contributed by atoms with Crippen LogP contribution in [0.5, 0.6) is 5.75 Å². The zero-order valence-electron chi connectivity index (χ0n) is 12.7. The average Bonchev–Trinajstić information content (AvgIpc) is 2.54. The van der Waals surface area contributed by atoms with Crippen LogP contribution < -0.4 is 15.2 Å². The van der Waals surface area contributed by atoms with Crippen molar-refractivity contribution in [2.75, 3.05) is 18.9 Å². The molecule has 2 aromatic carbocycles. The van der Waals surface area contributed by atoms with Gasteiger partial charge in [-0.05, 0) is 23.3 Å². The number of amides is 1. The summed E-state index contributed by atoms with van der Waals surface area (Å²) in [5, 5.41) is 0.328. The van der Waals surface area contributed by atoms with E-state index in [-0.39, 0.29) is 12.3 Å². The first kappa shape index (κ1) is 18.3. The van der Waals surface area contributed by atoms with Gasteiger partial charge in [-0.2, -0.15) is 0 Å². The molecule has 2 rings (SSSR count). The number of halogens is 1. The van der Waals surface area contributed by atoms with E-state index in [1.165, 1.54) is 0 Å². The molecule has 0 atom stereocenters. The molecule has 1 amide bonds. The van der Waals surface area contributed by atoms with Crippen molar-refractivity contribution in [3.63, 3.8) is 0 Å². The monoisotopic (exact) mass is 368 g/mol. The maximum absolute atomic E-state index is 11.6. The molecule has 0 aliphatic rings. The largest absolute Gasteiger partial charge is 0.482 e. The fraction of sp³-hybridized carbons (Fsp3) is 0.188. The zero-order valence-corrected chi connectivity index (χ0v) is 14.3. The Labute approximate surface area is 145 Å². The molecule has 2 aromatic rings. The summed E-state index contributed by atoms with van der Waals surface area (Å²) in [6.07, 6.45) is 0. The number of carbonyl (C=O) groups excluding carboxylic acids is 1. The van der Waals surface area contributed by atoms with Crippen molar-refractivity contribution in [2.24, 2.45) is 5.73 Å². The lowest BCUT2D eigenvalue weighted by molar-refractivity contribution is -0.121. The molecule has 6 nitrogen and oxygen atoms in total. The van der Waals surface area contributed by atoms with Gasteiger partial charge in [-0.1, -0.05) is 48.0 Å². The van der Waals surface area contributed by atoms with Crippen molar-refractivity contribution in [3.8, 4) is 16.9 Å². The van der Waals surface area contributed by atoms with E-state index in [4.69, 9.17) is 22.1 Å². The Morgan fingerprint density at radius 1 is 1.12 bits per heavy atom. The Hall–Kier alpha value is -2.09. The van der Waals surface area contributed by atoms with Gasteiger partial charge in [0.05, 0.1) is 10.8 Å². The average molecular weight is 369 g/mol. The summed E-state index contributed by atoms with van der Waals surface area (Å²) in [6, 6.07) is 14.8. The second-order valence-electron chi connectivity index (χ2n) is 4.93. The molecule has 3 N–H and O–H groups in total. The van der Waals surface area contributed by atoms with Crippen LogP contribution in [0.1, 0.15) is 0 Å². The summed E-state index contributed by atoms with van der Waals surface area (Å²) < 4.78 is 30.0. The van der Waals surface area contributed by atoms with Crippen LogP contribution >= 0.6 is 11.6 Å². The summed E-state index contributed by atoms with van der Waals surface area (Å²) in [6.45, 7) is -0.537. The maximum atomic E-state index is 11.6. The standard InChI is InChI=1S/C16H17ClN2O4S/c17-14-10-13(12-4-2-1-3-5-12)6-7-15(14)23-11-16(20)19-24(21,22)9-8-18/h1-7,10H,8-9,11,18H2,(H,19,20). The molecular formula is C16H17ClN2O4S. The Morgan fingerprint density at radius 2 is 1.83 bits per heavy atom. The second-order valence-corrected chi connectivity index (χ2v) is 7.18. The van der Waals surface area contributed by atoms with Gasteiger partial charge in [0, 0.05) is 6.54 Å². The minimum atomic E-state index is -3.73. The van der Waals surface area contributed by atoms with Crippen LogP contribution in [-0.4, -0.2) is 33.2 Å². The van der Waals surface area contributed by atoms with Crippen LogP contribution in [0.4, 0.5) is 0 Å². The quantitative estimate of drug-likeness (QED) is 0.776. The Morgan fingerprint density at radius 3 is 2.46 bits per heavy atom. The van der Waals surface area contributed by atoms with Gasteiger partial charge in [0.15, 0.2) is 6.61 Å². The Balaban J connectivity index is 2.00. The number of rotatable bonds is 7. The molecule has 128 valence electrons. The van der Waals surface area contributed by atoms with E-state index in [1.54, 1.807) is 18.2 Å². The minimum absolute atomic E-state index is 0.0732. The minimum Gasteiger partial charge on any atom is -0.482 e. The highest BCUT2D eigenvalue weighted by Gasteiger charge is 2.14. The van der Waals surface area contributed by atoms with Crippen LogP contribution in [-0.2, 0) is 14.8 Å². The van der Waals surface area contributed by atoms with Gasteiger partial charge >= 0.3 is 0 Å². The smallest absolute Gasteiger partial charge is 0.271 e. The van der Waals surface area contributed by atoms with E-state index >= 15 is 0 Å². The SMILES string of the molecule is NCCS(=O)(=O)NC(=O)COc1ccc(-c2ccccc2)cc1Cl. The molecule has 0 aliphatic heterocycles. The normalized spacial score (nSPS) is 11.1. The molecule has 0 aromatic heterocycles. The summed E-state index contributed by atoms with van der Waals surface area (Å²) in [4.78, 5) is 11.6. The zero-order chi connectivity index (χ0) is 17.6. The third-order valence-electron chi connectivity index (χ3n) is 3.05. The van der Waals surface area contributed by atoms with Crippen LogP contribution in [0.2, 0.25) is 5.02 Å². The summed E-state index contributed by atoms with van der Waals surface area (Å²) in [5.74, 6) is -0.819. The second kappa shape index (κ2) is 8.14. The Kier molecular flexibility index (Phi) is 6.19. The van der Waals surface area contributed by atoms with Crippen molar-refractivity contribution in [1.29, 1.82) is 0 Å². The summed E-state index contributed by atoms with van der Waals surface area (Å²) in [7, 11) is -3.73. The number of sulfonamides is 1. The summed E-state index contributed by atoms with van der Waals surface area (Å²) >= 11 is 6.15. The lowest BCUT2D eigenvalue weighted by Crippen LogP contribution is -2.37. The molecule has 24 heavy (non-hydrogen) atoms. The van der Waals surface area contributed by atoms with Gasteiger partial charge < -0.3 is 10.5 Å². The molecule has 0 saturated carbocycles. The van der Waals surface area contributed by atoms with E-state index in [2.05, 4.69) is 0 Å². The van der Waals surface area contributed by atoms with E-state index in [1.807, 2.05) is 35.1 Å². The molecular weight excluding hydrogens is 352 g/mol. The van der Waals surface area contributed by atoms with Crippen molar-refractivity contribution >= 4 is 27.5 Å². The number of ether oxygens (including phenoxy) is 1. The fourth-order valence-corrected chi connectivity index (χ4v) is 3.03. The van der Waals surface area contributed by atoms with Gasteiger partial charge in [0.25, 0.3) is 5.91 Å². The fourth-order valence-electron chi connectivity index (χ4n) is 1.98. The van der Waals surface area contributed by atoms with Crippen LogP contribution in [0, 0.1) is 0 Å². The van der Waals surface area contributed by atoms with Crippen molar-refractivity contribution in [2.45, 2.75) is 0 Å². The predicted molar refractivity (Wildman–Crippen MR) is 93.4 cm³/mol. The predicted octanol–water partition coefficient (Wildman–Crippen LogP) is 1.79. The first-order valence-corrected chi connectivity index (χ1v) is 9.15. The third kappa shape index (κ3) is 5.23. The molecule has 0 aliphatic carbocycles. The van der Waals surface area contributed by atoms with Crippen molar-refractivity contribution in [3.05, 3.63) is 53.6 Å². The molecule has 0 unspecified atom stereocenters. The highest BCUT2D eigenvalue weighted by molar-refractivity contribution is 7.90. The summed E-state index contributed by atoms with van der Waals surface area (Å²) in [5.41, 5.74) is 7.06. The molecule has 8 heteroatoms. The molecule has 0 radical (unpaired) electrons. The van der Waals surface area contributed by atoms with Gasteiger partial charge in [-0.3, -0.25) is 9.52 Å². The molecule has 0 bridgehead atoms.